The second kappa shape index (κ2) is 7.87. The molecule has 20 heavy (non-hydrogen) atoms. The van der Waals surface area contributed by atoms with E-state index in [9.17, 15) is 9.59 Å². The Kier molecular flexibility index (Phi) is 6.48. The highest BCUT2D eigenvalue weighted by molar-refractivity contribution is 6.30. The number of carbonyl (C=O) groups excluding carboxylic acids is 2. The van der Waals surface area contributed by atoms with Gasteiger partial charge in [-0.3, -0.25) is 14.5 Å². The zero-order chi connectivity index (χ0) is 15.1. The van der Waals surface area contributed by atoms with Gasteiger partial charge in [0.1, 0.15) is 0 Å². The van der Waals surface area contributed by atoms with E-state index in [4.69, 9.17) is 11.6 Å². The van der Waals surface area contributed by atoms with Gasteiger partial charge >= 0.3 is 0 Å². The van der Waals surface area contributed by atoms with E-state index in [0.29, 0.717) is 10.7 Å². The first kappa shape index (κ1) is 16.5. The average Bonchev–Trinajstić information content (AvgIpc) is 2.30. The maximum atomic E-state index is 11.8. The molecule has 2 N–H and O–H groups in total. The zero-order valence-corrected chi connectivity index (χ0v) is 12.7. The van der Waals surface area contributed by atoms with Gasteiger partial charge < -0.3 is 10.6 Å². The third kappa shape index (κ3) is 6.54. The number of hydrogen-bond donors (Lipinski definition) is 2. The maximum absolute atomic E-state index is 11.8. The number of anilines is 1. The van der Waals surface area contributed by atoms with Crippen LogP contribution in [0.15, 0.2) is 24.3 Å². The van der Waals surface area contributed by atoms with Crippen LogP contribution < -0.4 is 10.6 Å². The van der Waals surface area contributed by atoms with Crippen molar-refractivity contribution in [2.24, 2.45) is 0 Å². The van der Waals surface area contributed by atoms with Crippen LogP contribution in [-0.4, -0.2) is 42.9 Å². The minimum atomic E-state index is -0.174. The molecule has 1 aromatic carbocycles. The predicted molar refractivity (Wildman–Crippen MR) is 80.9 cm³/mol. The van der Waals surface area contributed by atoms with E-state index in [1.54, 1.807) is 36.2 Å². The lowest BCUT2D eigenvalue weighted by molar-refractivity contribution is -0.123. The molecule has 1 rings (SSSR count). The Morgan fingerprint density at radius 3 is 2.25 bits per heavy atom. The highest BCUT2D eigenvalue weighted by Gasteiger charge is 2.11. The van der Waals surface area contributed by atoms with Gasteiger partial charge in [0.05, 0.1) is 13.1 Å². The van der Waals surface area contributed by atoms with Crippen LogP contribution in [0.3, 0.4) is 0 Å². The number of nitrogens with zero attached hydrogens (tertiary/aromatic N) is 1. The molecular formula is C14H20ClN3O2. The first-order chi connectivity index (χ1) is 9.36. The fraction of sp³-hybridized carbons (Fsp3) is 0.429. The van der Waals surface area contributed by atoms with E-state index in [1.807, 2.05) is 13.8 Å². The van der Waals surface area contributed by atoms with Gasteiger partial charge in [0, 0.05) is 16.8 Å². The van der Waals surface area contributed by atoms with Crippen molar-refractivity contribution < 1.29 is 9.59 Å². The van der Waals surface area contributed by atoms with Gasteiger partial charge in [-0.15, -0.1) is 0 Å². The van der Waals surface area contributed by atoms with Gasteiger partial charge in [-0.2, -0.15) is 0 Å². The average molecular weight is 298 g/mol. The summed E-state index contributed by atoms with van der Waals surface area (Å²) in [5.74, 6) is -0.269. The van der Waals surface area contributed by atoms with Crippen molar-refractivity contribution in [1.82, 2.24) is 10.2 Å². The Morgan fingerprint density at radius 2 is 1.70 bits per heavy atom. The summed E-state index contributed by atoms with van der Waals surface area (Å²) in [6.07, 6.45) is 0. The molecule has 0 heterocycles. The van der Waals surface area contributed by atoms with Gasteiger partial charge in [-0.05, 0) is 45.2 Å². The quantitative estimate of drug-likeness (QED) is 0.841. The second-order valence-corrected chi connectivity index (χ2v) is 5.39. The van der Waals surface area contributed by atoms with E-state index < -0.39 is 0 Å². The van der Waals surface area contributed by atoms with E-state index in [0.717, 1.165) is 0 Å². The molecule has 0 fully saturated rings. The number of hydrogen-bond acceptors (Lipinski definition) is 3. The lowest BCUT2D eigenvalue weighted by Crippen LogP contribution is -2.41. The first-order valence-corrected chi connectivity index (χ1v) is 6.78. The third-order valence-corrected chi connectivity index (χ3v) is 2.66. The number of halogens is 1. The van der Waals surface area contributed by atoms with Gasteiger partial charge in [-0.25, -0.2) is 0 Å². The summed E-state index contributed by atoms with van der Waals surface area (Å²) in [6.45, 7) is 4.12. The number of nitrogens with one attached hydrogen (secondary N) is 2. The van der Waals surface area contributed by atoms with E-state index >= 15 is 0 Å². The zero-order valence-electron chi connectivity index (χ0n) is 11.9. The molecule has 5 nitrogen and oxygen atoms in total. The van der Waals surface area contributed by atoms with E-state index in [1.165, 1.54) is 0 Å². The standard InChI is InChI=1S/C14H20ClN3O2/c1-10(2)16-13(19)8-18(3)9-14(20)17-12-6-4-11(15)5-7-12/h4-7,10H,8-9H2,1-3H3,(H,16,19)(H,17,20). The second-order valence-electron chi connectivity index (χ2n) is 4.95. The third-order valence-electron chi connectivity index (χ3n) is 2.40. The molecule has 6 heteroatoms. The number of amides is 2. The maximum Gasteiger partial charge on any atom is 0.238 e. The van der Waals surface area contributed by atoms with Crippen LogP contribution in [0.2, 0.25) is 5.02 Å². The molecule has 0 unspecified atom stereocenters. The highest BCUT2D eigenvalue weighted by atomic mass is 35.5. The van der Waals surface area contributed by atoms with Crippen LogP contribution in [0.25, 0.3) is 0 Å². The van der Waals surface area contributed by atoms with Crippen LogP contribution in [0, 0.1) is 0 Å². The minimum absolute atomic E-state index is 0.0956. The van der Waals surface area contributed by atoms with Gasteiger partial charge in [0.2, 0.25) is 11.8 Å². The summed E-state index contributed by atoms with van der Waals surface area (Å²) >= 11 is 5.77. The molecule has 1 aromatic rings. The fourth-order valence-electron chi connectivity index (χ4n) is 1.65. The van der Waals surface area contributed by atoms with Gasteiger partial charge in [0.15, 0.2) is 0 Å². The van der Waals surface area contributed by atoms with E-state index in [-0.39, 0.29) is 30.9 Å². The molecule has 0 saturated heterocycles. The number of carbonyl (C=O) groups is 2. The lowest BCUT2D eigenvalue weighted by Gasteiger charge is -2.17. The fourth-order valence-corrected chi connectivity index (χ4v) is 1.77. The Balaban J connectivity index is 2.38. The van der Waals surface area contributed by atoms with Crippen LogP contribution in [-0.2, 0) is 9.59 Å². The Hall–Kier alpha value is -1.59. The highest BCUT2D eigenvalue weighted by Crippen LogP contribution is 2.13. The van der Waals surface area contributed by atoms with Crippen molar-refractivity contribution in [3.63, 3.8) is 0 Å². The van der Waals surface area contributed by atoms with Crippen LogP contribution in [0.5, 0.6) is 0 Å². The van der Waals surface area contributed by atoms with Crippen LogP contribution in [0.4, 0.5) is 5.69 Å². The van der Waals surface area contributed by atoms with Crippen LogP contribution in [0.1, 0.15) is 13.8 Å². The summed E-state index contributed by atoms with van der Waals surface area (Å²) < 4.78 is 0. The van der Waals surface area contributed by atoms with E-state index in [2.05, 4.69) is 10.6 Å². The van der Waals surface area contributed by atoms with Crippen molar-refractivity contribution in [2.75, 3.05) is 25.5 Å². The molecule has 2 amide bonds. The van der Waals surface area contributed by atoms with Crippen LogP contribution >= 0.6 is 11.6 Å². The van der Waals surface area contributed by atoms with Gasteiger partial charge in [0.25, 0.3) is 0 Å². The van der Waals surface area contributed by atoms with Crippen molar-refractivity contribution in [1.29, 1.82) is 0 Å². The summed E-state index contributed by atoms with van der Waals surface area (Å²) in [4.78, 5) is 25.0. The molecule has 0 radical (unpaired) electrons. The van der Waals surface area contributed by atoms with Crippen molar-refractivity contribution in [3.8, 4) is 0 Å². The Morgan fingerprint density at radius 1 is 1.15 bits per heavy atom. The summed E-state index contributed by atoms with van der Waals surface area (Å²) in [6, 6.07) is 6.96. The first-order valence-electron chi connectivity index (χ1n) is 6.40. The summed E-state index contributed by atoms with van der Waals surface area (Å²) in [5, 5.41) is 6.14. The molecule has 0 atom stereocenters. The monoisotopic (exact) mass is 297 g/mol. The molecule has 0 spiro atoms. The molecule has 0 saturated carbocycles. The Labute approximate surface area is 124 Å². The normalized spacial score (nSPS) is 10.7. The molecule has 0 aliphatic heterocycles. The molecule has 0 bridgehead atoms. The lowest BCUT2D eigenvalue weighted by atomic mass is 10.3. The smallest absolute Gasteiger partial charge is 0.238 e. The largest absolute Gasteiger partial charge is 0.353 e. The molecule has 110 valence electrons. The molecular weight excluding hydrogens is 278 g/mol. The number of benzene rings is 1. The SMILES string of the molecule is CC(C)NC(=O)CN(C)CC(=O)Nc1ccc(Cl)cc1. The van der Waals surface area contributed by atoms with Gasteiger partial charge in [-0.1, -0.05) is 11.6 Å². The summed E-state index contributed by atoms with van der Waals surface area (Å²) in [7, 11) is 1.72. The minimum Gasteiger partial charge on any atom is -0.353 e. The Bertz CT molecular complexity index is 460. The molecule has 0 aromatic heterocycles. The van der Waals surface area contributed by atoms with Crippen molar-refractivity contribution in [2.45, 2.75) is 19.9 Å². The van der Waals surface area contributed by atoms with Crippen molar-refractivity contribution >= 4 is 29.1 Å². The predicted octanol–water partition coefficient (Wildman–Crippen LogP) is 1.73. The topological polar surface area (TPSA) is 61.4 Å². The van der Waals surface area contributed by atoms with Crippen molar-refractivity contribution in [3.05, 3.63) is 29.3 Å². The summed E-state index contributed by atoms with van der Waals surface area (Å²) in [5.41, 5.74) is 0.680. The molecule has 0 aliphatic rings. The number of likely N-dealkylation sites (N-methyl/N-ethyl adjacent to an activating group) is 1. The molecule has 0 aliphatic carbocycles. The number of rotatable bonds is 6.